The molecule has 0 N–H and O–H groups in total. The van der Waals surface area contributed by atoms with Gasteiger partial charge in [0.1, 0.15) is 0 Å². The number of rotatable bonds is 4. The zero-order chi connectivity index (χ0) is 30.8. The summed E-state index contributed by atoms with van der Waals surface area (Å²) in [4.78, 5) is 14.7. The maximum absolute atomic E-state index is 4.94. The summed E-state index contributed by atoms with van der Waals surface area (Å²) < 4.78 is 2.39. The molecular formula is C42H30N4. The maximum Gasteiger partial charge on any atom is 0.164 e. The predicted molar refractivity (Wildman–Crippen MR) is 188 cm³/mol. The zero-order valence-corrected chi connectivity index (χ0v) is 25.6. The Labute approximate surface area is 267 Å². The van der Waals surface area contributed by atoms with Gasteiger partial charge in [0, 0.05) is 38.6 Å². The molecule has 0 saturated heterocycles. The van der Waals surface area contributed by atoms with Crippen molar-refractivity contribution in [2.24, 2.45) is 0 Å². The van der Waals surface area contributed by atoms with Crippen molar-refractivity contribution in [1.29, 1.82) is 0 Å². The fourth-order valence-corrected chi connectivity index (χ4v) is 7.14. The molecule has 218 valence electrons. The standard InChI is InChI=1S/C42H30N4/c1-42(2)35-19-11-9-17-31(35)33-25-34-32-18-10-12-20-37(32)46(38(34)26-36(33)42)30-23-21-29(22-24-30)41-44-39(27-13-5-3-6-14-27)43-40(45-41)28-15-7-4-8-16-28/h3-26H,1-2H3. The average molecular weight is 591 g/mol. The van der Waals surface area contributed by atoms with Gasteiger partial charge in [0.05, 0.1) is 11.0 Å². The Kier molecular flexibility index (Phi) is 5.81. The molecular weight excluding hydrogens is 560 g/mol. The van der Waals surface area contributed by atoms with Gasteiger partial charge in [-0.25, -0.2) is 15.0 Å². The van der Waals surface area contributed by atoms with Crippen LogP contribution in [0.4, 0.5) is 0 Å². The molecule has 0 bridgehead atoms. The van der Waals surface area contributed by atoms with Crippen molar-refractivity contribution in [3.8, 4) is 51.0 Å². The lowest BCUT2D eigenvalue weighted by Crippen LogP contribution is -2.14. The molecule has 0 atom stereocenters. The number of fused-ring (bicyclic) bond motifs is 6. The van der Waals surface area contributed by atoms with E-state index in [4.69, 9.17) is 15.0 Å². The average Bonchev–Trinajstić information content (AvgIpc) is 3.56. The van der Waals surface area contributed by atoms with Gasteiger partial charge >= 0.3 is 0 Å². The van der Waals surface area contributed by atoms with Crippen molar-refractivity contribution >= 4 is 21.8 Å². The van der Waals surface area contributed by atoms with Crippen LogP contribution in [0.5, 0.6) is 0 Å². The molecule has 0 unspecified atom stereocenters. The molecule has 4 nitrogen and oxygen atoms in total. The van der Waals surface area contributed by atoms with Crippen LogP contribution in [-0.4, -0.2) is 19.5 Å². The van der Waals surface area contributed by atoms with E-state index >= 15 is 0 Å². The molecule has 0 amide bonds. The number of nitrogens with zero attached hydrogens (tertiary/aromatic N) is 4. The molecule has 2 aromatic heterocycles. The number of hydrogen-bond donors (Lipinski definition) is 0. The molecule has 6 aromatic carbocycles. The molecule has 0 spiro atoms. The number of hydrogen-bond acceptors (Lipinski definition) is 3. The first kappa shape index (κ1) is 26.5. The van der Waals surface area contributed by atoms with E-state index < -0.39 is 0 Å². The van der Waals surface area contributed by atoms with Crippen molar-refractivity contribution in [3.05, 3.63) is 157 Å². The maximum atomic E-state index is 4.94. The Bertz CT molecular complexity index is 2360. The summed E-state index contributed by atoms with van der Waals surface area (Å²) in [6.07, 6.45) is 0. The normalized spacial score (nSPS) is 13.2. The smallest absolute Gasteiger partial charge is 0.164 e. The molecule has 1 aliphatic rings. The number of benzene rings is 6. The summed E-state index contributed by atoms with van der Waals surface area (Å²) in [5.74, 6) is 1.97. The van der Waals surface area contributed by atoms with Gasteiger partial charge in [-0.2, -0.15) is 0 Å². The number of aromatic nitrogens is 4. The van der Waals surface area contributed by atoms with E-state index in [2.05, 4.69) is 103 Å². The highest BCUT2D eigenvalue weighted by molar-refractivity contribution is 6.11. The SMILES string of the molecule is CC1(C)c2ccccc2-c2cc3c4ccccc4n(-c4ccc(-c5nc(-c6ccccc6)nc(-c6ccccc6)n5)cc4)c3cc21. The first-order valence-corrected chi connectivity index (χ1v) is 15.7. The van der Waals surface area contributed by atoms with E-state index in [0.717, 1.165) is 22.4 Å². The van der Waals surface area contributed by atoms with E-state index in [-0.39, 0.29) is 5.41 Å². The van der Waals surface area contributed by atoms with Crippen LogP contribution in [0.15, 0.2) is 146 Å². The first-order valence-electron chi connectivity index (χ1n) is 15.7. The van der Waals surface area contributed by atoms with E-state index in [0.29, 0.717) is 17.5 Å². The van der Waals surface area contributed by atoms with Crippen molar-refractivity contribution in [2.45, 2.75) is 19.3 Å². The highest BCUT2D eigenvalue weighted by Crippen LogP contribution is 2.50. The van der Waals surface area contributed by atoms with Crippen LogP contribution in [0, 0.1) is 0 Å². The van der Waals surface area contributed by atoms with E-state index in [1.54, 1.807) is 0 Å². The second-order valence-electron chi connectivity index (χ2n) is 12.5. The van der Waals surface area contributed by atoms with Crippen molar-refractivity contribution in [3.63, 3.8) is 0 Å². The van der Waals surface area contributed by atoms with Crippen molar-refractivity contribution in [1.82, 2.24) is 19.5 Å². The molecule has 4 heteroatoms. The van der Waals surface area contributed by atoms with Crippen LogP contribution < -0.4 is 0 Å². The third-order valence-electron chi connectivity index (χ3n) is 9.46. The minimum absolute atomic E-state index is 0.0726. The molecule has 1 aliphatic carbocycles. The van der Waals surface area contributed by atoms with Gasteiger partial charge in [-0.15, -0.1) is 0 Å². The van der Waals surface area contributed by atoms with Crippen LogP contribution in [-0.2, 0) is 5.41 Å². The number of para-hydroxylation sites is 1. The minimum Gasteiger partial charge on any atom is -0.309 e. The van der Waals surface area contributed by atoms with Gasteiger partial charge in [0.2, 0.25) is 0 Å². The molecule has 46 heavy (non-hydrogen) atoms. The van der Waals surface area contributed by atoms with Crippen LogP contribution in [0.2, 0.25) is 0 Å². The van der Waals surface area contributed by atoms with E-state index in [1.165, 1.54) is 44.1 Å². The van der Waals surface area contributed by atoms with E-state index in [1.807, 2.05) is 60.7 Å². The topological polar surface area (TPSA) is 43.6 Å². The molecule has 0 fully saturated rings. The summed E-state index contributed by atoms with van der Waals surface area (Å²) in [6, 6.07) is 51.2. The quantitative estimate of drug-likeness (QED) is 0.205. The first-order chi connectivity index (χ1) is 22.6. The van der Waals surface area contributed by atoms with E-state index in [9.17, 15) is 0 Å². The van der Waals surface area contributed by atoms with Crippen LogP contribution in [0.25, 0.3) is 72.8 Å². The predicted octanol–water partition coefficient (Wildman–Crippen LogP) is 10.3. The zero-order valence-electron chi connectivity index (χ0n) is 25.6. The van der Waals surface area contributed by atoms with Gasteiger partial charge in [0.15, 0.2) is 17.5 Å². The second-order valence-corrected chi connectivity index (χ2v) is 12.5. The summed E-state index contributed by atoms with van der Waals surface area (Å²) in [5, 5.41) is 2.52. The fraction of sp³-hybridized carbons (Fsp3) is 0.0714. The molecule has 8 aromatic rings. The van der Waals surface area contributed by atoms with Crippen LogP contribution >= 0.6 is 0 Å². The van der Waals surface area contributed by atoms with Crippen molar-refractivity contribution in [2.75, 3.05) is 0 Å². The van der Waals surface area contributed by atoms with Gasteiger partial charge in [-0.3, -0.25) is 0 Å². The lowest BCUT2D eigenvalue weighted by Gasteiger charge is -2.21. The minimum atomic E-state index is -0.0726. The van der Waals surface area contributed by atoms with Gasteiger partial charge in [-0.05, 0) is 64.7 Å². The molecule has 0 radical (unpaired) electrons. The second kappa shape index (κ2) is 10.1. The Morgan fingerprint density at radius 2 is 0.978 bits per heavy atom. The summed E-state index contributed by atoms with van der Waals surface area (Å²) in [6.45, 7) is 4.68. The van der Waals surface area contributed by atoms with Crippen LogP contribution in [0.1, 0.15) is 25.0 Å². The highest BCUT2D eigenvalue weighted by Gasteiger charge is 2.36. The Morgan fingerprint density at radius 3 is 1.63 bits per heavy atom. The lowest BCUT2D eigenvalue weighted by molar-refractivity contribution is 0.661. The molecule has 9 rings (SSSR count). The summed E-state index contributed by atoms with van der Waals surface area (Å²) >= 11 is 0. The lowest BCUT2D eigenvalue weighted by atomic mass is 9.82. The molecule has 0 saturated carbocycles. The Balaban J connectivity index is 1.20. The Hall–Kier alpha value is -5.87. The van der Waals surface area contributed by atoms with Gasteiger partial charge in [-0.1, -0.05) is 117 Å². The third kappa shape index (κ3) is 4.04. The monoisotopic (exact) mass is 590 g/mol. The van der Waals surface area contributed by atoms with Gasteiger partial charge in [0.25, 0.3) is 0 Å². The van der Waals surface area contributed by atoms with Crippen molar-refractivity contribution < 1.29 is 0 Å². The Morgan fingerprint density at radius 1 is 0.435 bits per heavy atom. The summed E-state index contributed by atoms with van der Waals surface area (Å²) in [5.41, 5.74) is 11.7. The third-order valence-corrected chi connectivity index (χ3v) is 9.46. The van der Waals surface area contributed by atoms with Gasteiger partial charge < -0.3 is 4.57 Å². The highest BCUT2D eigenvalue weighted by atomic mass is 15.0. The molecule has 0 aliphatic heterocycles. The summed E-state index contributed by atoms with van der Waals surface area (Å²) in [7, 11) is 0. The largest absolute Gasteiger partial charge is 0.309 e. The molecule has 2 heterocycles. The van der Waals surface area contributed by atoms with Crippen LogP contribution in [0.3, 0.4) is 0 Å². The fourth-order valence-electron chi connectivity index (χ4n) is 7.14.